The summed E-state index contributed by atoms with van der Waals surface area (Å²) >= 11 is 11.4. The lowest BCUT2D eigenvalue weighted by Crippen LogP contribution is -1.87. The van der Waals surface area contributed by atoms with E-state index < -0.39 is 0 Å². The highest BCUT2D eigenvalue weighted by atomic mass is 35.5. The normalized spacial score (nSPS) is 9.92. The Morgan fingerprint density at radius 1 is 1.38 bits per heavy atom. The number of nitrogens with zero attached hydrogens (tertiary/aromatic N) is 2. The first-order valence-electron chi connectivity index (χ1n) is 3.36. The third-order valence-corrected chi connectivity index (χ3v) is 1.97. The van der Waals surface area contributed by atoms with Crippen molar-refractivity contribution in [2.45, 2.75) is 0 Å². The van der Waals surface area contributed by atoms with Crippen molar-refractivity contribution in [3.63, 3.8) is 0 Å². The summed E-state index contributed by atoms with van der Waals surface area (Å²) in [4.78, 5) is 0. The van der Waals surface area contributed by atoms with E-state index >= 15 is 0 Å². The van der Waals surface area contributed by atoms with Crippen LogP contribution in [0, 0.1) is 11.3 Å². The van der Waals surface area contributed by atoms with Crippen molar-refractivity contribution in [3.8, 4) is 6.07 Å². The first-order valence-corrected chi connectivity index (χ1v) is 4.12. The van der Waals surface area contributed by atoms with E-state index in [-0.39, 0.29) is 0 Å². The quantitative estimate of drug-likeness (QED) is 0.607. The summed E-state index contributed by atoms with van der Waals surface area (Å²) in [5.41, 5.74) is 3.30. The molecule has 0 amide bonds. The first kappa shape index (κ1) is 9.85. The number of hydrazone groups is 1. The van der Waals surface area contributed by atoms with Crippen LogP contribution in [0.4, 0.5) is 5.69 Å². The molecule has 1 aromatic rings. The third kappa shape index (κ3) is 2.94. The molecule has 0 aliphatic carbocycles. The second-order valence-electron chi connectivity index (χ2n) is 2.13. The number of nitriles is 1. The van der Waals surface area contributed by atoms with E-state index in [2.05, 4.69) is 10.5 Å². The van der Waals surface area contributed by atoms with Crippen LogP contribution < -0.4 is 5.43 Å². The molecule has 0 radical (unpaired) electrons. The Hall–Kier alpha value is -1.24. The summed E-state index contributed by atoms with van der Waals surface area (Å²) in [6, 6.07) is 6.73. The molecule has 0 saturated heterocycles. The van der Waals surface area contributed by atoms with Crippen LogP contribution in [-0.2, 0) is 0 Å². The average Bonchev–Trinajstić information content (AvgIpc) is 2.12. The second kappa shape index (κ2) is 4.70. The van der Waals surface area contributed by atoms with E-state index in [0.717, 1.165) is 6.21 Å². The molecule has 13 heavy (non-hydrogen) atoms. The zero-order chi connectivity index (χ0) is 9.68. The van der Waals surface area contributed by atoms with Crippen LogP contribution in [0.1, 0.15) is 0 Å². The highest BCUT2D eigenvalue weighted by Gasteiger charge is 1.97. The van der Waals surface area contributed by atoms with E-state index in [4.69, 9.17) is 28.5 Å². The third-order valence-electron chi connectivity index (χ3n) is 1.24. The average molecular weight is 214 g/mol. The van der Waals surface area contributed by atoms with Gasteiger partial charge in [0.15, 0.2) is 0 Å². The van der Waals surface area contributed by atoms with Gasteiger partial charge < -0.3 is 0 Å². The van der Waals surface area contributed by atoms with Crippen molar-refractivity contribution in [2.24, 2.45) is 5.10 Å². The summed E-state index contributed by atoms with van der Waals surface area (Å²) in [5.74, 6) is 0. The summed E-state index contributed by atoms with van der Waals surface area (Å²) in [7, 11) is 0. The van der Waals surface area contributed by atoms with Gasteiger partial charge in [0.1, 0.15) is 12.3 Å². The lowest BCUT2D eigenvalue weighted by molar-refractivity contribution is 1.35. The number of benzene rings is 1. The van der Waals surface area contributed by atoms with Crippen LogP contribution in [0.3, 0.4) is 0 Å². The molecule has 66 valence electrons. The van der Waals surface area contributed by atoms with Gasteiger partial charge in [0.2, 0.25) is 0 Å². The van der Waals surface area contributed by atoms with E-state index in [9.17, 15) is 0 Å². The van der Waals surface area contributed by atoms with Gasteiger partial charge in [0, 0.05) is 0 Å². The van der Waals surface area contributed by atoms with Crippen molar-refractivity contribution in [1.82, 2.24) is 0 Å². The Labute approximate surface area is 85.6 Å². The number of anilines is 1. The van der Waals surface area contributed by atoms with E-state index in [1.165, 1.54) is 0 Å². The Morgan fingerprint density at radius 2 is 2.15 bits per heavy atom. The summed E-state index contributed by atoms with van der Waals surface area (Å²) in [6.07, 6.45) is 1.09. The highest BCUT2D eigenvalue weighted by Crippen LogP contribution is 2.24. The van der Waals surface area contributed by atoms with Crippen molar-refractivity contribution in [3.05, 3.63) is 28.2 Å². The minimum Gasteiger partial charge on any atom is -0.278 e. The molecule has 1 rings (SSSR count). The van der Waals surface area contributed by atoms with Crippen molar-refractivity contribution in [2.75, 3.05) is 5.43 Å². The lowest BCUT2D eigenvalue weighted by atomic mass is 10.3. The Kier molecular flexibility index (Phi) is 3.56. The molecule has 0 aromatic heterocycles. The van der Waals surface area contributed by atoms with Crippen molar-refractivity contribution < 1.29 is 0 Å². The van der Waals surface area contributed by atoms with Crippen LogP contribution >= 0.6 is 23.2 Å². The van der Waals surface area contributed by atoms with Gasteiger partial charge in [-0.2, -0.15) is 10.4 Å². The van der Waals surface area contributed by atoms with Gasteiger partial charge in [0.25, 0.3) is 0 Å². The highest BCUT2D eigenvalue weighted by molar-refractivity contribution is 6.42. The lowest BCUT2D eigenvalue weighted by Gasteiger charge is -2.00. The minimum atomic E-state index is 0.443. The Morgan fingerprint density at radius 3 is 2.77 bits per heavy atom. The van der Waals surface area contributed by atoms with Gasteiger partial charge in [-0.15, -0.1) is 0 Å². The van der Waals surface area contributed by atoms with E-state index in [1.54, 1.807) is 24.3 Å². The van der Waals surface area contributed by atoms with Crippen molar-refractivity contribution >= 4 is 35.1 Å². The fourth-order valence-corrected chi connectivity index (χ4v) is 0.999. The molecule has 0 aliphatic heterocycles. The molecule has 1 aromatic carbocycles. The maximum Gasteiger partial charge on any atom is 0.124 e. The molecule has 0 spiro atoms. The molecule has 3 nitrogen and oxygen atoms in total. The number of hydrogen-bond acceptors (Lipinski definition) is 3. The molecule has 0 aliphatic rings. The predicted molar refractivity (Wildman–Crippen MR) is 54.2 cm³/mol. The number of nitrogens with one attached hydrogen (secondary N) is 1. The van der Waals surface area contributed by atoms with Gasteiger partial charge in [-0.3, -0.25) is 5.43 Å². The van der Waals surface area contributed by atoms with E-state index in [1.807, 2.05) is 0 Å². The Bertz CT molecular complexity index is 368. The maximum absolute atomic E-state index is 8.16. The molecule has 0 fully saturated rings. The molecule has 0 saturated carbocycles. The molecular weight excluding hydrogens is 209 g/mol. The molecule has 0 bridgehead atoms. The Balaban J connectivity index is 2.75. The van der Waals surface area contributed by atoms with Crippen LogP contribution in [0.25, 0.3) is 0 Å². The second-order valence-corrected chi connectivity index (χ2v) is 2.94. The van der Waals surface area contributed by atoms with Crippen LogP contribution in [0.15, 0.2) is 23.3 Å². The molecule has 5 heteroatoms. The monoisotopic (exact) mass is 213 g/mol. The summed E-state index contributed by atoms with van der Waals surface area (Å²) in [5, 5.41) is 12.7. The summed E-state index contributed by atoms with van der Waals surface area (Å²) < 4.78 is 0. The molecule has 0 heterocycles. The standard InChI is InChI=1S/C8H5Cl2N3/c9-7-2-1-6(5-8(7)10)13-12-4-3-11/h1-2,4-5,13H/b12-4+. The zero-order valence-electron chi connectivity index (χ0n) is 6.46. The number of halogens is 2. The van der Waals surface area contributed by atoms with Gasteiger partial charge in [-0.25, -0.2) is 0 Å². The van der Waals surface area contributed by atoms with Gasteiger partial charge in [-0.1, -0.05) is 23.2 Å². The molecule has 0 unspecified atom stereocenters. The van der Waals surface area contributed by atoms with Gasteiger partial charge in [-0.05, 0) is 18.2 Å². The van der Waals surface area contributed by atoms with Crippen LogP contribution in [-0.4, -0.2) is 6.21 Å². The van der Waals surface area contributed by atoms with Crippen LogP contribution in [0.5, 0.6) is 0 Å². The first-order chi connectivity index (χ1) is 6.24. The minimum absolute atomic E-state index is 0.443. The smallest absolute Gasteiger partial charge is 0.124 e. The maximum atomic E-state index is 8.16. The fraction of sp³-hybridized carbons (Fsp3) is 0. The largest absolute Gasteiger partial charge is 0.278 e. The molecule has 1 N–H and O–H groups in total. The van der Waals surface area contributed by atoms with Gasteiger partial charge >= 0.3 is 0 Å². The predicted octanol–water partition coefficient (Wildman–Crippen LogP) is 2.91. The van der Waals surface area contributed by atoms with E-state index in [0.29, 0.717) is 15.7 Å². The zero-order valence-corrected chi connectivity index (χ0v) is 7.97. The molecule has 0 atom stereocenters. The summed E-state index contributed by atoms with van der Waals surface area (Å²) in [6.45, 7) is 0. The van der Waals surface area contributed by atoms with Crippen LogP contribution in [0.2, 0.25) is 10.0 Å². The molecular formula is C8H5Cl2N3. The topological polar surface area (TPSA) is 48.2 Å². The van der Waals surface area contributed by atoms with Gasteiger partial charge in [0.05, 0.1) is 15.7 Å². The fourth-order valence-electron chi connectivity index (χ4n) is 0.701. The number of rotatable bonds is 2. The SMILES string of the molecule is N#C/C=N/Nc1ccc(Cl)c(Cl)c1. The number of hydrogen-bond donors (Lipinski definition) is 1. The van der Waals surface area contributed by atoms with Crippen molar-refractivity contribution in [1.29, 1.82) is 5.26 Å².